The molecule has 0 aromatic carbocycles. The fourth-order valence-electron chi connectivity index (χ4n) is 1.73. The first-order valence-electron chi connectivity index (χ1n) is 5.17. The third-order valence-electron chi connectivity index (χ3n) is 2.60. The van der Waals surface area contributed by atoms with Gasteiger partial charge in [-0.3, -0.25) is 19.7 Å². The van der Waals surface area contributed by atoms with Crippen LogP contribution < -0.4 is 10.6 Å². The number of carbonyl (C=O) groups excluding carboxylic acids is 3. The molecular formula is C9H13N3O3S. The van der Waals surface area contributed by atoms with E-state index in [1.807, 2.05) is 0 Å². The van der Waals surface area contributed by atoms with Crippen molar-refractivity contribution < 1.29 is 14.4 Å². The van der Waals surface area contributed by atoms with Gasteiger partial charge in [-0.1, -0.05) is 11.8 Å². The van der Waals surface area contributed by atoms with Crippen molar-refractivity contribution in [1.82, 2.24) is 15.5 Å². The molecule has 0 aromatic rings. The monoisotopic (exact) mass is 243 g/mol. The number of hydrogen-bond donors (Lipinski definition) is 2. The topological polar surface area (TPSA) is 78.5 Å². The molecule has 2 N–H and O–H groups in total. The summed E-state index contributed by atoms with van der Waals surface area (Å²) in [6.45, 7) is 2.92. The van der Waals surface area contributed by atoms with Crippen LogP contribution in [0.1, 0.15) is 6.42 Å². The quantitative estimate of drug-likeness (QED) is 0.661. The molecule has 3 amide bonds. The van der Waals surface area contributed by atoms with Crippen molar-refractivity contribution in [3.8, 4) is 0 Å². The van der Waals surface area contributed by atoms with Crippen LogP contribution in [0.5, 0.6) is 0 Å². The van der Waals surface area contributed by atoms with Crippen molar-refractivity contribution in [2.45, 2.75) is 11.7 Å². The van der Waals surface area contributed by atoms with E-state index < -0.39 is 5.25 Å². The Kier molecular flexibility index (Phi) is 3.45. The minimum atomic E-state index is -0.546. The van der Waals surface area contributed by atoms with Crippen LogP contribution >= 0.6 is 11.8 Å². The highest BCUT2D eigenvalue weighted by molar-refractivity contribution is 8.15. The van der Waals surface area contributed by atoms with Crippen molar-refractivity contribution >= 4 is 28.8 Å². The Labute approximate surface area is 97.1 Å². The third-order valence-corrected chi connectivity index (χ3v) is 3.58. The molecule has 7 heteroatoms. The van der Waals surface area contributed by atoms with E-state index in [2.05, 4.69) is 10.6 Å². The second kappa shape index (κ2) is 4.84. The first kappa shape index (κ1) is 11.4. The maximum Gasteiger partial charge on any atom is 0.286 e. The Morgan fingerprint density at radius 3 is 2.62 bits per heavy atom. The summed E-state index contributed by atoms with van der Waals surface area (Å²) in [6.07, 6.45) is 0.113. The summed E-state index contributed by atoms with van der Waals surface area (Å²) in [6, 6.07) is 0. The van der Waals surface area contributed by atoms with Gasteiger partial charge in [0.25, 0.3) is 5.24 Å². The van der Waals surface area contributed by atoms with Crippen LogP contribution in [0.4, 0.5) is 4.79 Å². The predicted molar refractivity (Wildman–Crippen MR) is 59.0 cm³/mol. The number of imide groups is 1. The first-order chi connectivity index (χ1) is 7.66. The summed E-state index contributed by atoms with van der Waals surface area (Å²) in [5.74, 6) is -0.401. The molecule has 1 atom stereocenters. The van der Waals surface area contributed by atoms with E-state index in [4.69, 9.17) is 0 Å². The number of carbonyl (C=O) groups is 3. The predicted octanol–water partition coefficient (Wildman–Crippen LogP) is -0.840. The second-order valence-electron chi connectivity index (χ2n) is 3.72. The largest absolute Gasteiger partial charge is 0.340 e. The van der Waals surface area contributed by atoms with Crippen LogP contribution in [0.25, 0.3) is 0 Å². The lowest BCUT2D eigenvalue weighted by molar-refractivity contribution is -0.133. The summed E-state index contributed by atoms with van der Waals surface area (Å²) in [5, 5.41) is 4.42. The van der Waals surface area contributed by atoms with Crippen LogP contribution in [-0.2, 0) is 9.59 Å². The van der Waals surface area contributed by atoms with Crippen molar-refractivity contribution in [3.63, 3.8) is 0 Å². The molecule has 0 spiro atoms. The van der Waals surface area contributed by atoms with Crippen molar-refractivity contribution in [2.24, 2.45) is 0 Å². The molecule has 2 aliphatic heterocycles. The minimum absolute atomic E-state index is 0.0520. The molecule has 0 saturated carbocycles. The Balaban J connectivity index is 1.86. The number of nitrogens with zero attached hydrogens (tertiary/aromatic N) is 1. The molecule has 0 aromatic heterocycles. The Hall–Kier alpha value is -1.08. The van der Waals surface area contributed by atoms with Crippen LogP contribution in [-0.4, -0.2) is 53.4 Å². The molecule has 88 valence electrons. The molecule has 0 bridgehead atoms. The lowest BCUT2D eigenvalue weighted by Crippen LogP contribution is -2.47. The molecule has 16 heavy (non-hydrogen) atoms. The SMILES string of the molecule is O=C1NC(=O)C(CC(=O)N2CCNCC2)S1. The van der Waals surface area contributed by atoms with Gasteiger partial charge in [0, 0.05) is 32.6 Å². The smallest absolute Gasteiger partial charge is 0.286 e. The lowest BCUT2D eigenvalue weighted by atomic mass is 10.2. The van der Waals surface area contributed by atoms with Gasteiger partial charge >= 0.3 is 0 Å². The number of rotatable bonds is 2. The lowest BCUT2D eigenvalue weighted by Gasteiger charge is -2.27. The van der Waals surface area contributed by atoms with Crippen LogP contribution in [0.15, 0.2) is 0 Å². The maximum atomic E-state index is 11.8. The molecule has 2 rings (SSSR count). The van der Waals surface area contributed by atoms with E-state index in [1.54, 1.807) is 4.90 Å². The van der Waals surface area contributed by atoms with E-state index in [-0.39, 0.29) is 23.5 Å². The first-order valence-corrected chi connectivity index (χ1v) is 6.05. The van der Waals surface area contributed by atoms with E-state index in [0.29, 0.717) is 13.1 Å². The van der Waals surface area contributed by atoms with Gasteiger partial charge in [-0.05, 0) is 0 Å². The average Bonchev–Trinajstić information content (AvgIpc) is 2.59. The molecule has 2 heterocycles. The molecule has 6 nitrogen and oxygen atoms in total. The summed E-state index contributed by atoms with van der Waals surface area (Å²) < 4.78 is 0. The molecule has 0 radical (unpaired) electrons. The van der Waals surface area contributed by atoms with Crippen LogP contribution in [0, 0.1) is 0 Å². The van der Waals surface area contributed by atoms with Gasteiger partial charge in [-0.2, -0.15) is 0 Å². The van der Waals surface area contributed by atoms with Crippen LogP contribution in [0.3, 0.4) is 0 Å². The highest BCUT2D eigenvalue weighted by Gasteiger charge is 2.34. The van der Waals surface area contributed by atoms with E-state index in [0.717, 1.165) is 24.9 Å². The molecule has 1 unspecified atom stereocenters. The number of nitrogens with one attached hydrogen (secondary N) is 2. The van der Waals surface area contributed by atoms with Crippen molar-refractivity contribution in [2.75, 3.05) is 26.2 Å². The molecule has 2 fully saturated rings. The second-order valence-corrected chi connectivity index (χ2v) is 4.89. The van der Waals surface area contributed by atoms with E-state index in [1.165, 1.54) is 0 Å². The summed E-state index contributed by atoms with van der Waals surface area (Å²) in [5.41, 5.74) is 0. The third kappa shape index (κ3) is 2.53. The molecule has 2 saturated heterocycles. The zero-order valence-electron chi connectivity index (χ0n) is 8.69. The average molecular weight is 243 g/mol. The summed E-state index contributed by atoms with van der Waals surface area (Å²) in [4.78, 5) is 35.7. The van der Waals surface area contributed by atoms with Gasteiger partial charge in [-0.25, -0.2) is 0 Å². The van der Waals surface area contributed by atoms with Crippen molar-refractivity contribution in [3.05, 3.63) is 0 Å². The fraction of sp³-hybridized carbons (Fsp3) is 0.667. The minimum Gasteiger partial charge on any atom is -0.340 e. The van der Waals surface area contributed by atoms with E-state index >= 15 is 0 Å². The maximum absolute atomic E-state index is 11.8. The highest BCUT2D eigenvalue weighted by atomic mass is 32.2. The van der Waals surface area contributed by atoms with Gasteiger partial charge in [0.1, 0.15) is 5.25 Å². The van der Waals surface area contributed by atoms with Gasteiger partial charge < -0.3 is 10.2 Å². The van der Waals surface area contributed by atoms with Crippen molar-refractivity contribution in [1.29, 1.82) is 0 Å². The molecule has 2 aliphatic rings. The molecular weight excluding hydrogens is 230 g/mol. The number of thioether (sulfide) groups is 1. The van der Waals surface area contributed by atoms with Gasteiger partial charge in [-0.15, -0.1) is 0 Å². The Morgan fingerprint density at radius 1 is 1.38 bits per heavy atom. The Bertz CT molecular complexity index is 328. The number of piperazine rings is 1. The number of amides is 3. The van der Waals surface area contributed by atoms with Gasteiger partial charge in [0.2, 0.25) is 11.8 Å². The Morgan fingerprint density at radius 2 is 2.06 bits per heavy atom. The fourth-order valence-corrected chi connectivity index (χ4v) is 2.54. The zero-order valence-corrected chi connectivity index (χ0v) is 9.51. The standard InChI is InChI=1S/C9H13N3O3S/c13-7(12-3-1-10-2-4-12)5-6-8(14)11-9(15)16-6/h6,10H,1-5H2,(H,11,14,15). The van der Waals surface area contributed by atoms with Gasteiger partial charge in [0.05, 0.1) is 0 Å². The zero-order chi connectivity index (χ0) is 11.5. The normalized spacial score (nSPS) is 25.8. The number of hydrogen-bond acceptors (Lipinski definition) is 5. The summed E-state index contributed by atoms with van der Waals surface area (Å²) >= 11 is 0.903. The van der Waals surface area contributed by atoms with E-state index in [9.17, 15) is 14.4 Å². The summed E-state index contributed by atoms with van der Waals surface area (Å²) in [7, 11) is 0. The highest BCUT2D eigenvalue weighted by Crippen LogP contribution is 2.22. The molecule has 0 aliphatic carbocycles. The van der Waals surface area contributed by atoms with Gasteiger partial charge in [0.15, 0.2) is 0 Å². The van der Waals surface area contributed by atoms with Crippen LogP contribution in [0.2, 0.25) is 0 Å².